The minimum Gasteiger partial charge on any atom is -0.377 e. The number of amidine groups is 1. The molecule has 0 bridgehead atoms. The van der Waals surface area contributed by atoms with Crippen LogP contribution in [-0.2, 0) is 4.79 Å². The van der Waals surface area contributed by atoms with Crippen molar-refractivity contribution in [1.82, 2.24) is 10.2 Å². The number of amides is 1. The topological polar surface area (TPSA) is 56.2 Å². The monoisotopic (exact) mass is 205 g/mol. The van der Waals surface area contributed by atoms with Crippen LogP contribution in [0.3, 0.4) is 0 Å². The Bertz CT molecular complexity index is 255. The summed E-state index contributed by atoms with van der Waals surface area (Å²) < 4.78 is 25.4. The van der Waals surface area contributed by atoms with Crippen LogP contribution in [0.15, 0.2) is 0 Å². The highest BCUT2D eigenvalue weighted by Gasteiger charge is 2.40. The Labute approximate surface area is 80.8 Å². The smallest absolute Gasteiger partial charge is 0.267 e. The van der Waals surface area contributed by atoms with Gasteiger partial charge in [0.15, 0.2) is 0 Å². The average Bonchev–Trinajstić information content (AvgIpc) is 2.46. The number of alkyl halides is 2. The second-order valence-electron chi connectivity index (χ2n) is 3.33. The molecular formula is C8H13F2N3O. The third-order valence-electron chi connectivity index (χ3n) is 2.15. The summed E-state index contributed by atoms with van der Waals surface area (Å²) >= 11 is 0. The minimum atomic E-state index is -2.75. The van der Waals surface area contributed by atoms with E-state index in [4.69, 9.17) is 5.41 Å². The Balaban J connectivity index is 2.44. The van der Waals surface area contributed by atoms with Gasteiger partial charge in [-0.2, -0.15) is 0 Å². The number of halogens is 2. The summed E-state index contributed by atoms with van der Waals surface area (Å²) in [6, 6.07) is 0. The number of carbonyl (C=O) groups is 1. The lowest BCUT2D eigenvalue weighted by atomic mass is 10.3. The van der Waals surface area contributed by atoms with Crippen LogP contribution in [0.4, 0.5) is 8.78 Å². The van der Waals surface area contributed by atoms with Gasteiger partial charge in [0.1, 0.15) is 5.84 Å². The number of rotatable bonds is 2. The molecule has 0 spiro atoms. The van der Waals surface area contributed by atoms with Crippen molar-refractivity contribution < 1.29 is 13.6 Å². The van der Waals surface area contributed by atoms with Gasteiger partial charge in [0.2, 0.25) is 5.91 Å². The summed E-state index contributed by atoms with van der Waals surface area (Å²) in [4.78, 5) is 12.4. The second kappa shape index (κ2) is 3.89. The molecule has 14 heavy (non-hydrogen) atoms. The van der Waals surface area contributed by atoms with Gasteiger partial charge in [-0.25, -0.2) is 8.78 Å². The molecule has 4 nitrogen and oxygen atoms in total. The molecule has 2 N–H and O–H groups in total. The van der Waals surface area contributed by atoms with Gasteiger partial charge in [-0.1, -0.05) is 0 Å². The molecule has 1 aliphatic rings. The van der Waals surface area contributed by atoms with E-state index < -0.39 is 18.4 Å². The van der Waals surface area contributed by atoms with Crippen LogP contribution >= 0.6 is 0 Å². The quantitative estimate of drug-likeness (QED) is 0.507. The molecule has 0 saturated carbocycles. The van der Waals surface area contributed by atoms with Gasteiger partial charge in [0.05, 0.1) is 13.0 Å². The van der Waals surface area contributed by atoms with Crippen molar-refractivity contribution in [1.29, 1.82) is 5.41 Å². The van der Waals surface area contributed by atoms with Gasteiger partial charge >= 0.3 is 0 Å². The van der Waals surface area contributed by atoms with Crippen molar-refractivity contribution in [2.24, 2.45) is 0 Å². The summed E-state index contributed by atoms with van der Waals surface area (Å²) in [6.45, 7) is -0.425. The molecule has 1 saturated heterocycles. The molecule has 80 valence electrons. The molecule has 1 amide bonds. The number of carbonyl (C=O) groups excluding carboxylic acids is 1. The predicted octanol–water partition coefficient (Wildman–Crippen LogP) is 0.441. The molecule has 0 unspecified atom stereocenters. The fraction of sp³-hybridized carbons (Fsp3) is 0.750. The number of hydrogen-bond acceptors (Lipinski definition) is 2. The first-order valence-electron chi connectivity index (χ1n) is 4.35. The SMILES string of the molecule is CNC(=N)CC(=O)N1CCC(F)(F)C1. The highest BCUT2D eigenvalue weighted by atomic mass is 19.3. The zero-order chi connectivity index (χ0) is 10.8. The molecule has 1 aliphatic heterocycles. The number of nitrogens with one attached hydrogen (secondary N) is 2. The molecule has 0 radical (unpaired) electrons. The molecule has 0 atom stereocenters. The normalized spacial score (nSPS) is 19.5. The maximum Gasteiger partial charge on any atom is 0.267 e. The van der Waals surface area contributed by atoms with Gasteiger partial charge in [0, 0.05) is 20.0 Å². The Hall–Kier alpha value is -1.20. The first kappa shape index (κ1) is 10.9. The van der Waals surface area contributed by atoms with Crippen molar-refractivity contribution in [2.45, 2.75) is 18.8 Å². The van der Waals surface area contributed by atoms with E-state index in [9.17, 15) is 13.6 Å². The van der Waals surface area contributed by atoms with Crippen LogP contribution in [0.5, 0.6) is 0 Å². The zero-order valence-electron chi connectivity index (χ0n) is 7.94. The van der Waals surface area contributed by atoms with E-state index in [0.717, 1.165) is 4.90 Å². The number of nitrogens with zero attached hydrogens (tertiary/aromatic N) is 1. The van der Waals surface area contributed by atoms with Gasteiger partial charge in [-0.3, -0.25) is 10.2 Å². The Morgan fingerprint density at radius 3 is 2.71 bits per heavy atom. The molecule has 1 rings (SSSR count). The molecule has 1 heterocycles. The van der Waals surface area contributed by atoms with E-state index in [1.54, 1.807) is 0 Å². The van der Waals surface area contributed by atoms with E-state index in [2.05, 4.69) is 5.32 Å². The Kier molecular flexibility index (Phi) is 3.03. The summed E-state index contributed by atoms with van der Waals surface area (Å²) in [6.07, 6.45) is -0.405. The van der Waals surface area contributed by atoms with Crippen molar-refractivity contribution in [2.75, 3.05) is 20.1 Å². The van der Waals surface area contributed by atoms with Crippen LogP contribution in [0, 0.1) is 5.41 Å². The standard InChI is InChI=1S/C8H13F2N3O/c1-12-6(11)4-7(14)13-3-2-8(9,10)5-13/h2-5H2,1H3,(H2,11,12). The van der Waals surface area contributed by atoms with E-state index in [1.165, 1.54) is 7.05 Å². The second-order valence-corrected chi connectivity index (χ2v) is 3.33. The van der Waals surface area contributed by atoms with E-state index in [1.807, 2.05) is 0 Å². The van der Waals surface area contributed by atoms with Crippen molar-refractivity contribution in [3.63, 3.8) is 0 Å². The summed E-state index contributed by atoms with van der Waals surface area (Å²) in [5.41, 5.74) is 0. The van der Waals surface area contributed by atoms with E-state index in [-0.39, 0.29) is 25.2 Å². The van der Waals surface area contributed by atoms with E-state index in [0.29, 0.717) is 0 Å². The third-order valence-corrected chi connectivity index (χ3v) is 2.15. The summed E-state index contributed by atoms with van der Waals surface area (Å²) in [5, 5.41) is 9.67. The number of hydrogen-bond donors (Lipinski definition) is 2. The van der Waals surface area contributed by atoms with Crippen LogP contribution in [0.1, 0.15) is 12.8 Å². The fourth-order valence-corrected chi connectivity index (χ4v) is 1.30. The largest absolute Gasteiger partial charge is 0.377 e. The van der Waals surface area contributed by atoms with Crippen LogP contribution in [0.2, 0.25) is 0 Å². The van der Waals surface area contributed by atoms with E-state index >= 15 is 0 Å². The van der Waals surface area contributed by atoms with Gasteiger partial charge in [0.25, 0.3) is 5.92 Å². The molecule has 6 heteroatoms. The molecule has 0 aromatic carbocycles. The van der Waals surface area contributed by atoms with Crippen LogP contribution in [0.25, 0.3) is 0 Å². The molecular weight excluding hydrogens is 192 g/mol. The summed E-state index contributed by atoms with van der Waals surface area (Å²) in [7, 11) is 1.52. The highest BCUT2D eigenvalue weighted by Crippen LogP contribution is 2.26. The maximum atomic E-state index is 12.7. The van der Waals surface area contributed by atoms with Crippen molar-refractivity contribution in [3.8, 4) is 0 Å². The predicted molar refractivity (Wildman–Crippen MR) is 47.5 cm³/mol. The lowest BCUT2D eigenvalue weighted by Crippen LogP contribution is -2.34. The zero-order valence-corrected chi connectivity index (χ0v) is 7.94. The fourth-order valence-electron chi connectivity index (χ4n) is 1.30. The maximum absolute atomic E-state index is 12.7. The molecule has 1 fully saturated rings. The number of likely N-dealkylation sites (tertiary alicyclic amines) is 1. The Morgan fingerprint density at radius 2 is 2.29 bits per heavy atom. The van der Waals surface area contributed by atoms with Crippen LogP contribution < -0.4 is 5.32 Å². The molecule has 0 aromatic rings. The lowest BCUT2D eigenvalue weighted by Gasteiger charge is -2.15. The minimum absolute atomic E-state index is 0.0465. The highest BCUT2D eigenvalue weighted by molar-refractivity contribution is 5.98. The van der Waals surface area contributed by atoms with Crippen molar-refractivity contribution in [3.05, 3.63) is 0 Å². The van der Waals surface area contributed by atoms with Crippen molar-refractivity contribution >= 4 is 11.7 Å². The van der Waals surface area contributed by atoms with Gasteiger partial charge < -0.3 is 10.2 Å². The third kappa shape index (κ3) is 2.65. The molecule has 0 aromatic heterocycles. The summed E-state index contributed by atoms with van der Waals surface area (Å²) in [5.74, 6) is -3.12. The Morgan fingerprint density at radius 1 is 1.64 bits per heavy atom. The van der Waals surface area contributed by atoms with Gasteiger partial charge in [-0.05, 0) is 0 Å². The first-order chi connectivity index (χ1) is 6.44. The first-order valence-corrected chi connectivity index (χ1v) is 4.35. The lowest BCUT2D eigenvalue weighted by molar-refractivity contribution is -0.130. The molecule has 0 aliphatic carbocycles. The van der Waals surface area contributed by atoms with Crippen LogP contribution in [-0.4, -0.2) is 42.7 Å². The van der Waals surface area contributed by atoms with Gasteiger partial charge in [-0.15, -0.1) is 0 Å². The average molecular weight is 205 g/mol.